The van der Waals surface area contributed by atoms with Gasteiger partial charge >= 0.3 is 0 Å². The molecule has 4 nitrogen and oxygen atoms in total. The van der Waals surface area contributed by atoms with Crippen molar-refractivity contribution in [3.05, 3.63) is 0 Å². The molecule has 0 heterocycles. The molecule has 4 heteroatoms. The highest BCUT2D eigenvalue weighted by Gasteiger charge is 2.21. The van der Waals surface area contributed by atoms with E-state index >= 15 is 0 Å². The number of hydrogen-bond acceptors (Lipinski definition) is 2. The Morgan fingerprint density at radius 1 is 1.05 bits per heavy atom. The molecule has 2 aliphatic rings. The predicted molar refractivity (Wildman–Crippen MR) is 79.1 cm³/mol. The van der Waals surface area contributed by atoms with Gasteiger partial charge in [-0.05, 0) is 31.6 Å². The zero-order chi connectivity index (χ0) is 13.5. The van der Waals surface area contributed by atoms with Crippen LogP contribution in [0.4, 0.5) is 0 Å². The third-order valence-corrected chi connectivity index (χ3v) is 4.60. The Morgan fingerprint density at radius 3 is 2.26 bits per heavy atom. The minimum absolute atomic E-state index is 0.313. The van der Waals surface area contributed by atoms with Crippen molar-refractivity contribution >= 4 is 5.96 Å². The zero-order valence-corrected chi connectivity index (χ0v) is 12.0. The van der Waals surface area contributed by atoms with E-state index in [-0.39, 0.29) is 6.10 Å². The van der Waals surface area contributed by atoms with Crippen molar-refractivity contribution in [1.82, 2.24) is 5.32 Å². The Kier molecular flexibility index (Phi) is 5.95. The van der Waals surface area contributed by atoms with Crippen molar-refractivity contribution in [3.8, 4) is 0 Å². The largest absolute Gasteiger partial charge is 0.391 e. The highest BCUT2D eigenvalue weighted by Crippen LogP contribution is 2.26. The van der Waals surface area contributed by atoms with E-state index in [9.17, 15) is 5.11 Å². The maximum atomic E-state index is 10.1. The molecule has 0 radical (unpaired) electrons. The Hall–Kier alpha value is -0.770. The van der Waals surface area contributed by atoms with E-state index in [0.29, 0.717) is 24.5 Å². The SMILES string of the molecule is NC(=NCC(O)C1CCCCC1)NC1CCCCC1. The lowest BCUT2D eigenvalue weighted by Gasteiger charge is -2.26. The van der Waals surface area contributed by atoms with Crippen LogP contribution < -0.4 is 11.1 Å². The molecule has 19 heavy (non-hydrogen) atoms. The average molecular weight is 267 g/mol. The lowest BCUT2D eigenvalue weighted by molar-refractivity contribution is 0.0923. The summed E-state index contributed by atoms with van der Waals surface area (Å²) in [6.45, 7) is 0.455. The second-order valence-corrected chi connectivity index (χ2v) is 6.17. The molecular formula is C15H29N3O. The summed E-state index contributed by atoms with van der Waals surface area (Å²) in [6.07, 6.45) is 12.1. The Bertz CT molecular complexity index is 281. The molecular weight excluding hydrogens is 238 g/mol. The molecule has 2 fully saturated rings. The fourth-order valence-corrected chi connectivity index (χ4v) is 3.36. The summed E-state index contributed by atoms with van der Waals surface area (Å²) in [5, 5.41) is 13.4. The van der Waals surface area contributed by atoms with Crippen LogP contribution in [0.2, 0.25) is 0 Å². The van der Waals surface area contributed by atoms with Crippen LogP contribution in [0, 0.1) is 5.92 Å². The van der Waals surface area contributed by atoms with Crippen LogP contribution in [0.15, 0.2) is 4.99 Å². The number of hydrogen-bond donors (Lipinski definition) is 3. The second-order valence-electron chi connectivity index (χ2n) is 6.17. The summed E-state index contributed by atoms with van der Waals surface area (Å²) in [5.74, 6) is 0.946. The maximum absolute atomic E-state index is 10.1. The summed E-state index contributed by atoms with van der Waals surface area (Å²) in [7, 11) is 0. The number of guanidine groups is 1. The predicted octanol–water partition coefficient (Wildman–Crippen LogP) is 2.16. The van der Waals surface area contributed by atoms with Gasteiger partial charge in [0.1, 0.15) is 0 Å². The maximum Gasteiger partial charge on any atom is 0.188 e. The summed E-state index contributed by atoms with van der Waals surface area (Å²) < 4.78 is 0. The smallest absolute Gasteiger partial charge is 0.188 e. The third kappa shape index (κ3) is 5.01. The summed E-state index contributed by atoms with van der Waals surface area (Å²) in [4.78, 5) is 4.33. The van der Waals surface area contributed by atoms with Gasteiger partial charge in [-0.25, -0.2) is 0 Å². The molecule has 0 aromatic carbocycles. The van der Waals surface area contributed by atoms with E-state index in [1.54, 1.807) is 0 Å². The van der Waals surface area contributed by atoms with Gasteiger partial charge in [-0.2, -0.15) is 0 Å². The van der Waals surface area contributed by atoms with Crippen molar-refractivity contribution in [2.75, 3.05) is 6.54 Å². The van der Waals surface area contributed by atoms with Gasteiger partial charge in [-0.1, -0.05) is 38.5 Å². The van der Waals surface area contributed by atoms with Crippen molar-refractivity contribution in [2.45, 2.75) is 76.4 Å². The van der Waals surface area contributed by atoms with Crippen LogP contribution in [-0.2, 0) is 0 Å². The van der Waals surface area contributed by atoms with Crippen molar-refractivity contribution in [2.24, 2.45) is 16.6 Å². The van der Waals surface area contributed by atoms with Crippen molar-refractivity contribution in [3.63, 3.8) is 0 Å². The van der Waals surface area contributed by atoms with Gasteiger partial charge in [0.05, 0.1) is 12.6 Å². The number of aliphatic hydroxyl groups excluding tert-OH is 1. The molecule has 0 bridgehead atoms. The molecule has 0 amide bonds. The Labute approximate surface area is 116 Å². The first-order valence-electron chi connectivity index (χ1n) is 8.00. The molecule has 2 rings (SSSR count). The Balaban J connectivity index is 1.70. The number of nitrogens with one attached hydrogen (secondary N) is 1. The van der Waals surface area contributed by atoms with Gasteiger partial charge in [0.15, 0.2) is 5.96 Å². The van der Waals surface area contributed by atoms with E-state index in [1.807, 2.05) is 0 Å². The monoisotopic (exact) mass is 267 g/mol. The van der Waals surface area contributed by atoms with E-state index in [2.05, 4.69) is 10.3 Å². The van der Waals surface area contributed by atoms with E-state index in [4.69, 9.17) is 5.73 Å². The topological polar surface area (TPSA) is 70.6 Å². The lowest BCUT2D eigenvalue weighted by Crippen LogP contribution is -2.41. The van der Waals surface area contributed by atoms with Crippen LogP contribution in [0.25, 0.3) is 0 Å². The summed E-state index contributed by atoms with van der Waals surface area (Å²) in [6, 6.07) is 0.490. The molecule has 0 saturated heterocycles. The molecule has 1 atom stereocenters. The Morgan fingerprint density at radius 2 is 1.63 bits per heavy atom. The molecule has 2 aliphatic carbocycles. The van der Waals surface area contributed by atoms with E-state index in [1.165, 1.54) is 51.4 Å². The van der Waals surface area contributed by atoms with Gasteiger partial charge in [0.25, 0.3) is 0 Å². The average Bonchev–Trinajstić information content (AvgIpc) is 2.47. The van der Waals surface area contributed by atoms with Crippen LogP contribution in [0.1, 0.15) is 64.2 Å². The van der Waals surface area contributed by atoms with Gasteiger partial charge in [-0.3, -0.25) is 4.99 Å². The molecule has 0 aromatic rings. The quantitative estimate of drug-likeness (QED) is 0.540. The normalized spacial score (nSPS) is 25.2. The summed E-state index contributed by atoms with van der Waals surface area (Å²) in [5.41, 5.74) is 5.91. The van der Waals surface area contributed by atoms with Crippen LogP contribution >= 0.6 is 0 Å². The molecule has 0 aromatic heterocycles. The molecule has 4 N–H and O–H groups in total. The second kappa shape index (κ2) is 7.73. The van der Waals surface area contributed by atoms with Gasteiger partial charge in [0, 0.05) is 6.04 Å². The third-order valence-electron chi connectivity index (χ3n) is 4.60. The standard InChI is InChI=1S/C15H29N3O/c16-15(18-13-9-5-2-6-10-13)17-11-14(19)12-7-3-1-4-8-12/h12-14,19H,1-11H2,(H3,16,17,18). The van der Waals surface area contributed by atoms with Crippen LogP contribution in [-0.4, -0.2) is 29.8 Å². The minimum atomic E-state index is -0.313. The number of aliphatic hydroxyl groups is 1. The highest BCUT2D eigenvalue weighted by molar-refractivity contribution is 5.78. The molecule has 0 spiro atoms. The lowest BCUT2D eigenvalue weighted by atomic mass is 9.85. The van der Waals surface area contributed by atoms with Crippen molar-refractivity contribution < 1.29 is 5.11 Å². The summed E-state index contributed by atoms with van der Waals surface area (Å²) >= 11 is 0. The highest BCUT2D eigenvalue weighted by atomic mass is 16.3. The first kappa shape index (κ1) is 14.6. The van der Waals surface area contributed by atoms with Crippen LogP contribution in [0.5, 0.6) is 0 Å². The number of aliphatic imine (C=N–C) groups is 1. The molecule has 2 saturated carbocycles. The number of nitrogens with two attached hydrogens (primary N) is 1. The van der Waals surface area contributed by atoms with Gasteiger partial charge in [-0.15, -0.1) is 0 Å². The fraction of sp³-hybridized carbons (Fsp3) is 0.933. The minimum Gasteiger partial charge on any atom is -0.391 e. The van der Waals surface area contributed by atoms with Gasteiger partial charge in [0.2, 0.25) is 0 Å². The van der Waals surface area contributed by atoms with Crippen LogP contribution in [0.3, 0.4) is 0 Å². The molecule has 1 unspecified atom stereocenters. The fourth-order valence-electron chi connectivity index (χ4n) is 3.36. The van der Waals surface area contributed by atoms with Crippen molar-refractivity contribution in [1.29, 1.82) is 0 Å². The first-order chi connectivity index (χ1) is 9.25. The molecule has 110 valence electrons. The zero-order valence-electron chi connectivity index (χ0n) is 12.0. The first-order valence-corrected chi connectivity index (χ1v) is 8.00. The molecule has 0 aliphatic heterocycles. The number of rotatable bonds is 4. The number of nitrogens with zero attached hydrogens (tertiary/aromatic N) is 1. The van der Waals surface area contributed by atoms with E-state index in [0.717, 1.165) is 12.8 Å². The van der Waals surface area contributed by atoms with E-state index < -0.39 is 0 Å². The van der Waals surface area contributed by atoms with Gasteiger partial charge < -0.3 is 16.2 Å².